The number of carbonyl (C=O) groups is 1. The summed E-state index contributed by atoms with van der Waals surface area (Å²) in [5, 5.41) is 5.37. The van der Waals surface area contributed by atoms with Gasteiger partial charge in [0.05, 0.1) is 13.0 Å². The van der Waals surface area contributed by atoms with Gasteiger partial charge in [0.25, 0.3) is 0 Å². The SMILES string of the molecule is O=C(Cc1cccc2ccccc12)NCC1COc2ccccc21. The van der Waals surface area contributed by atoms with E-state index in [9.17, 15) is 4.79 Å². The van der Waals surface area contributed by atoms with Gasteiger partial charge in [-0.15, -0.1) is 0 Å². The lowest BCUT2D eigenvalue weighted by Crippen LogP contribution is -2.30. The minimum Gasteiger partial charge on any atom is -0.493 e. The molecule has 3 aromatic rings. The van der Waals surface area contributed by atoms with Gasteiger partial charge in [-0.1, -0.05) is 60.7 Å². The molecule has 0 spiro atoms. The number of benzene rings is 3. The Morgan fingerprint density at radius 1 is 1.00 bits per heavy atom. The summed E-state index contributed by atoms with van der Waals surface area (Å²) in [5.41, 5.74) is 2.25. The molecule has 1 atom stereocenters. The van der Waals surface area contributed by atoms with Crippen molar-refractivity contribution < 1.29 is 9.53 Å². The second-order valence-electron chi connectivity index (χ2n) is 6.16. The average molecular weight is 317 g/mol. The van der Waals surface area contributed by atoms with Gasteiger partial charge in [0.1, 0.15) is 5.75 Å². The van der Waals surface area contributed by atoms with Gasteiger partial charge in [0.2, 0.25) is 5.91 Å². The molecule has 1 heterocycles. The summed E-state index contributed by atoms with van der Waals surface area (Å²) < 4.78 is 5.67. The van der Waals surface area contributed by atoms with E-state index in [1.807, 2.05) is 42.5 Å². The zero-order valence-corrected chi connectivity index (χ0v) is 13.4. The highest BCUT2D eigenvalue weighted by Crippen LogP contribution is 2.32. The van der Waals surface area contributed by atoms with Gasteiger partial charge in [-0.3, -0.25) is 4.79 Å². The maximum atomic E-state index is 12.4. The van der Waals surface area contributed by atoms with Crippen LogP contribution in [0.1, 0.15) is 17.0 Å². The van der Waals surface area contributed by atoms with Crippen molar-refractivity contribution in [2.45, 2.75) is 12.3 Å². The zero-order chi connectivity index (χ0) is 16.4. The molecule has 0 fully saturated rings. The molecule has 1 aliphatic heterocycles. The largest absolute Gasteiger partial charge is 0.493 e. The Hall–Kier alpha value is -2.81. The summed E-state index contributed by atoms with van der Waals surface area (Å²) >= 11 is 0. The minimum atomic E-state index is 0.0516. The molecule has 1 aliphatic rings. The number of rotatable bonds is 4. The normalized spacial score (nSPS) is 15.8. The van der Waals surface area contributed by atoms with Crippen LogP contribution in [0.5, 0.6) is 5.75 Å². The summed E-state index contributed by atoms with van der Waals surface area (Å²) in [6.07, 6.45) is 0.399. The Kier molecular flexibility index (Phi) is 3.91. The molecule has 24 heavy (non-hydrogen) atoms. The Bertz CT molecular complexity index is 882. The monoisotopic (exact) mass is 317 g/mol. The summed E-state index contributed by atoms with van der Waals surface area (Å²) in [7, 11) is 0. The van der Waals surface area contributed by atoms with Gasteiger partial charge in [0.15, 0.2) is 0 Å². The number of carbonyl (C=O) groups excluding carboxylic acids is 1. The smallest absolute Gasteiger partial charge is 0.224 e. The van der Waals surface area contributed by atoms with Crippen molar-refractivity contribution in [3.8, 4) is 5.75 Å². The number of fused-ring (bicyclic) bond motifs is 2. The van der Waals surface area contributed by atoms with Gasteiger partial charge in [-0.2, -0.15) is 0 Å². The first-order chi connectivity index (χ1) is 11.8. The Morgan fingerprint density at radius 2 is 1.79 bits per heavy atom. The molecular weight excluding hydrogens is 298 g/mol. The first-order valence-electron chi connectivity index (χ1n) is 8.26. The van der Waals surface area contributed by atoms with E-state index in [0.29, 0.717) is 19.6 Å². The van der Waals surface area contributed by atoms with Crippen LogP contribution in [0.15, 0.2) is 66.7 Å². The van der Waals surface area contributed by atoms with Gasteiger partial charge in [-0.05, 0) is 22.4 Å². The predicted molar refractivity (Wildman–Crippen MR) is 95.3 cm³/mol. The molecule has 3 nitrogen and oxygen atoms in total. The highest BCUT2D eigenvalue weighted by atomic mass is 16.5. The van der Waals surface area contributed by atoms with E-state index in [0.717, 1.165) is 16.7 Å². The lowest BCUT2D eigenvalue weighted by molar-refractivity contribution is -0.120. The summed E-state index contributed by atoms with van der Waals surface area (Å²) in [4.78, 5) is 12.4. The van der Waals surface area contributed by atoms with Crippen molar-refractivity contribution in [3.63, 3.8) is 0 Å². The number of ether oxygens (including phenoxy) is 1. The molecule has 0 saturated carbocycles. The number of hydrogen-bond donors (Lipinski definition) is 1. The van der Waals surface area contributed by atoms with Crippen molar-refractivity contribution in [1.29, 1.82) is 0 Å². The highest BCUT2D eigenvalue weighted by Gasteiger charge is 2.23. The standard InChI is InChI=1S/C21H19NO2/c23-21(12-16-8-5-7-15-6-1-2-9-18(15)16)22-13-17-14-24-20-11-4-3-10-19(17)20/h1-11,17H,12-14H2,(H,22,23). The molecule has 3 aromatic carbocycles. The second kappa shape index (κ2) is 6.36. The first-order valence-corrected chi connectivity index (χ1v) is 8.26. The molecule has 4 rings (SSSR count). The molecule has 3 heteroatoms. The zero-order valence-electron chi connectivity index (χ0n) is 13.4. The van der Waals surface area contributed by atoms with Crippen LogP contribution in [0.4, 0.5) is 0 Å². The molecule has 0 saturated heterocycles. The van der Waals surface area contributed by atoms with Crippen LogP contribution in [0.2, 0.25) is 0 Å². The number of nitrogens with one attached hydrogen (secondary N) is 1. The van der Waals surface area contributed by atoms with Gasteiger partial charge in [0, 0.05) is 18.0 Å². The van der Waals surface area contributed by atoms with Gasteiger partial charge >= 0.3 is 0 Å². The fourth-order valence-electron chi connectivity index (χ4n) is 3.32. The predicted octanol–water partition coefficient (Wildman–Crippen LogP) is 3.67. The maximum Gasteiger partial charge on any atom is 0.224 e. The molecule has 0 radical (unpaired) electrons. The van der Waals surface area contributed by atoms with Crippen LogP contribution in [0.3, 0.4) is 0 Å². The molecule has 1 N–H and O–H groups in total. The van der Waals surface area contributed by atoms with Crippen LogP contribution >= 0.6 is 0 Å². The fraction of sp³-hybridized carbons (Fsp3) is 0.190. The van der Waals surface area contributed by atoms with Crippen molar-refractivity contribution in [1.82, 2.24) is 5.32 Å². The number of amides is 1. The van der Waals surface area contributed by atoms with E-state index >= 15 is 0 Å². The second-order valence-corrected chi connectivity index (χ2v) is 6.16. The molecular formula is C21H19NO2. The summed E-state index contributed by atoms with van der Waals surface area (Å²) in [6, 6.07) is 22.3. The third-order valence-electron chi connectivity index (χ3n) is 4.58. The first kappa shape index (κ1) is 14.8. The van der Waals surface area contributed by atoms with Crippen molar-refractivity contribution in [3.05, 3.63) is 77.9 Å². The number of para-hydroxylation sites is 1. The van der Waals surface area contributed by atoms with Crippen LogP contribution in [-0.4, -0.2) is 19.1 Å². The molecule has 0 aliphatic carbocycles. The average Bonchev–Trinajstić information content (AvgIpc) is 3.04. The maximum absolute atomic E-state index is 12.4. The van der Waals surface area contributed by atoms with E-state index < -0.39 is 0 Å². The lowest BCUT2D eigenvalue weighted by Gasteiger charge is -2.11. The van der Waals surface area contributed by atoms with Gasteiger partial charge in [-0.25, -0.2) is 0 Å². The van der Waals surface area contributed by atoms with Crippen LogP contribution in [0.25, 0.3) is 10.8 Å². The highest BCUT2D eigenvalue weighted by molar-refractivity contribution is 5.90. The molecule has 0 aromatic heterocycles. The lowest BCUT2D eigenvalue weighted by atomic mass is 10.0. The van der Waals surface area contributed by atoms with E-state index in [-0.39, 0.29) is 11.8 Å². The van der Waals surface area contributed by atoms with Crippen molar-refractivity contribution in [2.24, 2.45) is 0 Å². The van der Waals surface area contributed by atoms with Crippen LogP contribution < -0.4 is 10.1 Å². The van der Waals surface area contributed by atoms with E-state index in [1.54, 1.807) is 0 Å². The van der Waals surface area contributed by atoms with Crippen molar-refractivity contribution in [2.75, 3.05) is 13.2 Å². The van der Waals surface area contributed by atoms with Crippen LogP contribution in [-0.2, 0) is 11.2 Å². The van der Waals surface area contributed by atoms with Crippen LogP contribution in [0, 0.1) is 0 Å². The minimum absolute atomic E-state index is 0.0516. The molecule has 1 amide bonds. The molecule has 0 bridgehead atoms. The molecule has 1 unspecified atom stereocenters. The fourth-order valence-corrected chi connectivity index (χ4v) is 3.32. The molecule has 120 valence electrons. The van der Waals surface area contributed by atoms with Gasteiger partial charge < -0.3 is 10.1 Å². The van der Waals surface area contributed by atoms with Crippen molar-refractivity contribution >= 4 is 16.7 Å². The van der Waals surface area contributed by atoms with E-state index in [1.165, 1.54) is 10.9 Å². The Morgan fingerprint density at radius 3 is 2.75 bits per heavy atom. The quantitative estimate of drug-likeness (QED) is 0.797. The Labute approximate surface area is 141 Å². The topological polar surface area (TPSA) is 38.3 Å². The third-order valence-corrected chi connectivity index (χ3v) is 4.58. The Balaban J connectivity index is 1.42. The van der Waals surface area contributed by atoms with E-state index in [2.05, 4.69) is 29.6 Å². The number of hydrogen-bond acceptors (Lipinski definition) is 2. The van der Waals surface area contributed by atoms with E-state index in [4.69, 9.17) is 4.74 Å². The third kappa shape index (κ3) is 2.85. The summed E-state index contributed by atoms with van der Waals surface area (Å²) in [5.74, 6) is 1.22. The summed E-state index contributed by atoms with van der Waals surface area (Å²) in [6.45, 7) is 1.24.